The minimum Gasteiger partial charge on any atom is -0.280 e. The highest BCUT2D eigenvalue weighted by molar-refractivity contribution is 7.98. The maximum absolute atomic E-state index is 12.8. The Labute approximate surface area is 170 Å². The summed E-state index contributed by atoms with van der Waals surface area (Å²) in [5.74, 6) is 0.985. The molecule has 0 unspecified atom stereocenters. The zero-order chi connectivity index (χ0) is 21.5. The van der Waals surface area contributed by atoms with E-state index in [1.165, 1.54) is 35.5 Å². The number of rotatable bonds is 4. The fourth-order valence-electron chi connectivity index (χ4n) is 2.73. The predicted octanol–water partition coefficient (Wildman–Crippen LogP) is 2.53. The van der Waals surface area contributed by atoms with Gasteiger partial charge < -0.3 is 0 Å². The van der Waals surface area contributed by atoms with E-state index in [2.05, 4.69) is 9.97 Å². The lowest BCUT2D eigenvalue weighted by Gasteiger charge is -2.19. The van der Waals surface area contributed by atoms with Gasteiger partial charge in [0.1, 0.15) is 16.2 Å². The maximum atomic E-state index is 12.8. The molecule has 9 nitrogen and oxygen atoms in total. The standard InChI is InChI=1S/C19H21N5O4S/c1-19(2,3)17-20-14-13(16(25)23(5)18(26)22(14)4)15(21-17)29-10-11-6-8-12(9-7-11)24(27)28/h6-9H,10H2,1-5H3. The fourth-order valence-corrected chi connectivity index (χ4v) is 3.70. The van der Waals surface area contributed by atoms with Crippen LogP contribution in [0.5, 0.6) is 0 Å². The van der Waals surface area contributed by atoms with Gasteiger partial charge in [-0.2, -0.15) is 0 Å². The molecule has 0 bridgehead atoms. The highest BCUT2D eigenvalue weighted by Gasteiger charge is 2.23. The molecule has 0 radical (unpaired) electrons. The molecule has 152 valence electrons. The zero-order valence-electron chi connectivity index (χ0n) is 16.8. The third-order valence-corrected chi connectivity index (χ3v) is 5.51. The number of nitro benzene ring substituents is 1. The van der Waals surface area contributed by atoms with E-state index in [-0.39, 0.29) is 16.5 Å². The summed E-state index contributed by atoms with van der Waals surface area (Å²) in [5.41, 5.74) is -0.114. The van der Waals surface area contributed by atoms with Gasteiger partial charge in [0, 0.05) is 37.4 Å². The van der Waals surface area contributed by atoms with Gasteiger partial charge in [0.25, 0.3) is 11.2 Å². The van der Waals surface area contributed by atoms with Gasteiger partial charge in [-0.05, 0) is 5.56 Å². The van der Waals surface area contributed by atoms with Crippen LogP contribution in [0.25, 0.3) is 11.0 Å². The lowest BCUT2D eigenvalue weighted by Crippen LogP contribution is -2.38. The predicted molar refractivity (Wildman–Crippen MR) is 111 cm³/mol. The van der Waals surface area contributed by atoms with Crippen LogP contribution in [0.1, 0.15) is 32.2 Å². The van der Waals surface area contributed by atoms with E-state index in [4.69, 9.17) is 0 Å². The first kappa shape index (κ1) is 20.7. The largest absolute Gasteiger partial charge is 0.332 e. The molecule has 0 aliphatic rings. The lowest BCUT2D eigenvalue weighted by atomic mass is 9.96. The van der Waals surface area contributed by atoms with Gasteiger partial charge in [-0.15, -0.1) is 11.8 Å². The van der Waals surface area contributed by atoms with Gasteiger partial charge in [0.2, 0.25) is 0 Å². The molecule has 0 spiro atoms. The fraction of sp³-hybridized carbons (Fsp3) is 0.368. The van der Waals surface area contributed by atoms with Gasteiger partial charge in [-0.25, -0.2) is 14.8 Å². The first-order chi connectivity index (χ1) is 13.5. The van der Waals surface area contributed by atoms with Gasteiger partial charge in [-0.1, -0.05) is 32.9 Å². The molecular formula is C19H21N5O4S. The number of fused-ring (bicyclic) bond motifs is 1. The first-order valence-electron chi connectivity index (χ1n) is 8.85. The minimum atomic E-state index is -0.452. The lowest BCUT2D eigenvalue weighted by molar-refractivity contribution is -0.384. The number of non-ortho nitro benzene ring substituents is 1. The zero-order valence-corrected chi connectivity index (χ0v) is 17.6. The third-order valence-electron chi connectivity index (χ3n) is 4.46. The molecule has 1 aromatic carbocycles. The van der Waals surface area contributed by atoms with Crippen LogP contribution in [-0.2, 0) is 25.3 Å². The SMILES string of the molecule is Cn1c(=O)c2c(SCc3ccc([N+](=O)[O-])cc3)nc(C(C)(C)C)nc2n(C)c1=O. The number of aryl methyl sites for hydroxylation is 1. The Morgan fingerprint density at radius 3 is 2.24 bits per heavy atom. The highest BCUT2D eigenvalue weighted by Crippen LogP contribution is 2.29. The van der Waals surface area contributed by atoms with Crippen molar-refractivity contribution in [2.75, 3.05) is 0 Å². The Bertz CT molecular complexity index is 1220. The molecule has 0 saturated heterocycles. The molecule has 0 amide bonds. The molecule has 0 saturated carbocycles. The quantitative estimate of drug-likeness (QED) is 0.278. The number of aromatic nitrogens is 4. The van der Waals surface area contributed by atoms with Crippen LogP contribution in [0, 0.1) is 10.1 Å². The second-order valence-corrected chi connectivity index (χ2v) is 8.68. The van der Waals surface area contributed by atoms with Crippen molar-refractivity contribution in [2.24, 2.45) is 14.1 Å². The topological polar surface area (TPSA) is 113 Å². The van der Waals surface area contributed by atoms with Crippen molar-refractivity contribution in [1.82, 2.24) is 19.1 Å². The monoisotopic (exact) mass is 415 g/mol. The summed E-state index contributed by atoms with van der Waals surface area (Å²) < 4.78 is 2.39. The normalized spacial score (nSPS) is 11.8. The Hall–Kier alpha value is -3.01. The maximum Gasteiger partial charge on any atom is 0.332 e. The molecule has 2 aromatic heterocycles. The number of hydrogen-bond donors (Lipinski definition) is 0. The Morgan fingerprint density at radius 1 is 1.07 bits per heavy atom. The number of thioether (sulfide) groups is 1. The molecule has 0 N–H and O–H groups in total. The molecular weight excluding hydrogens is 394 g/mol. The van der Waals surface area contributed by atoms with E-state index in [0.29, 0.717) is 22.3 Å². The van der Waals surface area contributed by atoms with E-state index >= 15 is 0 Å². The summed E-state index contributed by atoms with van der Waals surface area (Å²) in [4.78, 5) is 44.6. The van der Waals surface area contributed by atoms with Gasteiger partial charge in [0.15, 0.2) is 5.65 Å². The van der Waals surface area contributed by atoms with E-state index in [9.17, 15) is 19.7 Å². The summed E-state index contributed by atoms with van der Waals surface area (Å²) in [5, 5.41) is 11.6. The second-order valence-electron chi connectivity index (χ2n) is 7.72. The Balaban J connectivity index is 2.13. The Morgan fingerprint density at radius 2 is 1.69 bits per heavy atom. The Kier molecular flexibility index (Phi) is 5.31. The number of hydrogen-bond acceptors (Lipinski definition) is 7. The molecule has 0 aliphatic heterocycles. The molecule has 0 fully saturated rings. The first-order valence-corrected chi connectivity index (χ1v) is 9.83. The van der Waals surface area contributed by atoms with Crippen LogP contribution >= 0.6 is 11.8 Å². The molecule has 10 heteroatoms. The summed E-state index contributed by atoms with van der Waals surface area (Å²) in [6.07, 6.45) is 0. The van der Waals surface area contributed by atoms with Crippen LogP contribution in [0.4, 0.5) is 5.69 Å². The van der Waals surface area contributed by atoms with Gasteiger partial charge in [0.05, 0.1) is 4.92 Å². The van der Waals surface area contributed by atoms with E-state index in [1.807, 2.05) is 20.8 Å². The van der Waals surface area contributed by atoms with Crippen molar-refractivity contribution in [3.63, 3.8) is 0 Å². The number of nitrogens with zero attached hydrogens (tertiary/aromatic N) is 5. The summed E-state index contributed by atoms with van der Waals surface area (Å²) >= 11 is 1.34. The van der Waals surface area contributed by atoms with Crippen LogP contribution in [0.3, 0.4) is 0 Å². The van der Waals surface area contributed by atoms with Crippen molar-refractivity contribution in [3.05, 3.63) is 66.6 Å². The second kappa shape index (κ2) is 7.43. The smallest absolute Gasteiger partial charge is 0.280 e. The average molecular weight is 415 g/mol. The number of benzene rings is 1. The van der Waals surface area contributed by atoms with Crippen molar-refractivity contribution >= 4 is 28.5 Å². The molecule has 0 aliphatic carbocycles. The van der Waals surface area contributed by atoms with Crippen molar-refractivity contribution in [1.29, 1.82) is 0 Å². The van der Waals surface area contributed by atoms with E-state index in [1.54, 1.807) is 19.2 Å². The molecule has 3 rings (SSSR count). The van der Waals surface area contributed by atoms with E-state index < -0.39 is 16.2 Å². The van der Waals surface area contributed by atoms with Crippen LogP contribution in [-0.4, -0.2) is 24.0 Å². The minimum absolute atomic E-state index is 0.0186. The van der Waals surface area contributed by atoms with Crippen molar-refractivity contribution < 1.29 is 4.92 Å². The molecule has 3 aromatic rings. The highest BCUT2D eigenvalue weighted by atomic mass is 32.2. The average Bonchev–Trinajstić information content (AvgIpc) is 2.67. The van der Waals surface area contributed by atoms with Crippen LogP contribution in [0.15, 0.2) is 38.9 Å². The van der Waals surface area contributed by atoms with Crippen molar-refractivity contribution in [2.45, 2.75) is 37.0 Å². The van der Waals surface area contributed by atoms with Crippen molar-refractivity contribution in [3.8, 4) is 0 Å². The summed E-state index contributed by atoms with van der Waals surface area (Å²) in [6, 6.07) is 6.23. The summed E-state index contributed by atoms with van der Waals surface area (Å²) in [6.45, 7) is 5.87. The van der Waals surface area contributed by atoms with Crippen LogP contribution < -0.4 is 11.2 Å². The van der Waals surface area contributed by atoms with Crippen LogP contribution in [0.2, 0.25) is 0 Å². The molecule has 2 heterocycles. The summed E-state index contributed by atoms with van der Waals surface area (Å²) in [7, 11) is 3.00. The van der Waals surface area contributed by atoms with Gasteiger partial charge >= 0.3 is 5.69 Å². The van der Waals surface area contributed by atoms with E-state index in [0.717, 1.165) is 10.1 Å². The molecule has 0 atom stereocenters. The molecule has 29 heavy (non-hydrogen) atoms. The third kappa shape index (κ3) is 3.93. The van der Waals surface area contributed by atoms with Gasteiger partial charge in [-0.3, -0.25) is 24.0 Å². The number of nitro groups is 1.